The molecule has 2 amide bonds. The Bertz CT molecular complexity index is 839. The van der Waals surface area contributed by atoms with E-state index in [0.717, 1.165) is 4.88 Å². The summed E-state index contributed by atoms with van der Waals surface area (Å²) in [6, 6.07) is 10.3. The standard InChI is InChI=1S/C19H21ClN2O5S/c1-3-26-15-7-5-4-6-14(15)19(25)21-10-18(24)27-12-17(23)22(2)11-13-8-9-16(20)28-13/h4-9H,3,10-12H2,1-2H3,(H,21,25). The average Bonchev–Trinajstić information content (AvgIpc) is 3.09. The number of carbonyl (C=O) groups is 3. The van der Waals surface area contributed by atoms with Gasteiger partial charge < -0.3 is 19.7 Å². The monoisotopic (exact) mass is 424 g/mol. The second kappa shape index (κ2) is 10.7. The summed E-state index contributed by atoms with van der Waals surface area (Å²) >= 11 is 7.24. The molecule has 1 N–H and O–H groups in total. The lowest BCUT2D eigenvalue weighted by molar-refractivity contribution is -0.150. The number of halogens is 1. The Morgan fingerprint density at radius 3 is 2.61 bits per heavy atom. The quantitative estimate of drug-likeness (QED) is 0.625. The molecule has 0 bridgehead atoms. The fourth-order valence-corrected chi connectivity index (χ4v) is 3.39. The number of nitrogens with zero attached hydrogens (tertiary/aromatic N) is 1. The molecule has 2 aromatic rings. The van der Waals surface area contributed by atoms with E-state index in [1.165, 1.54) is 16.2 Å². The van der Waals surface area contributed by atoms with Crippen LogP contribution >= 0.6 is 22.9 Å². The summed E-state index contributed by atoms with van der Waals surface area (Å²) in [4.78, 5) is 38.4. The van der Waals surface area contributed by atoms with Crippen LogP contribution in [0.3, 0.4) is 0 Å². The molecule has 0 aliphatic heterocycles. The van der Waals surface area contributed by atoms with Gasteiger partial charge in [0.2, 0.25) is 0 Å². The highest BCUT2D eigenvalue weighted by molar-refractivity contribution is 7.16. The predicted molar refractivity (Wildman–Crippen MR) is 107 cm³/mol. The first kappa shape index (κ1) is 21.7. The molecule has 1 aromatic carbocycles. The lowest BCUT2D eigenvalue weighted by atomic mass is 10.2. The molecule has 9 heteroatoms. The normalized spacial score (nSPS) is 10.2. The Balaban J connectivity index is 1.76. The number of rotatable bonds is 9. The van der Waals surface area contributed by atoms with Crippen LogP contribution in [0.15, 0.2) is 36.4 Å². The average molecular weight is 425 g/mol. The number of hydrogen-bond acceptors (Lipinski definition) is 6. The Labute approximate surface area is 172 Å². The molecule has 1 heterocycles. The molecule has 0 atom stereocenters. The van der Waals surface area contributed by atoms with Gasteiger partial charge in [-0.15, -0.1) is 11.3 Å². The van der Waals surface area contributed by atoms with E-state index in [0.29, 0.717) is 28.8 Å². The topological polar surface area (TPSA) is 84.9 Å². The molecule has 28 heavy (non-hydrogen) atoms. The number of likely N-dealkylation sites (N-methyl/N-ethyl adjacent to an activating group) is 1. The third-order valence-corrected chi connectivity index (χ3v) is 4.84. The Hall–Kier alpha value is -2.58. The fourth-order valence-electron chi connectivity index (χ4n) is 2.25. The van der Waals surface area contributed by atoms with Crippen molar-refractivity contribution in [3.63, 3.8) is 0 Å². The highest BCUT2D eigenvalue weighted by Crippen LogP contribution is 2.22. The molecule has 2 rings (SSSR count). The first-order valence-electron chi connectivity index (χ1n) is 8.54. The highest BCUT2D eigenvalue weighted by atomic mass is 35.5. The van der Waals surface area contributed by atoms with Crippen molar-refractivity contribution < 1.29 is 23.9 Å². The summed E-state index contributed by atoms with van der Waals surface area (Å²) in [5.74, 6) is -1.09. The first-order valence-corrected chi connectivity index (χ1v) is 9.74. The molecule has 0 aliphatic carbocycles. The van der Waals surface area contributed by atoms with Crippen molar-refractivity contribution >= 4 is 40.7 Å². The minimum absolute atomic E-state index is 0.322. The molecular weight excluding hydrogens is 404 g/mol. The van der Waals surface area contributed by atoms with Gasteiger partial charge in [-0.3, -0.25) is 14.4 Å². The number of ether oxygens (including phenoxy) is 2. The SMILES string of the molecule is CCOc1ccccc1C(=O)NCC(=O)OCC(=O)N(C)Cc1ccc(Cl)s1. The van der Waals surface area contributed by atoms with Gasteiger partial charge in [0.15, 0.2) is 6.61 Å². The van der Waals surface area contributed by atoms with Crippen LogP contribution in [0, 0.1) is 0 Å². The van der Waals surface area contributed by atoms with Gasteiger partial charge in [0.05, 0.1) is 23.1 Å². The second-order valence-corrected chi connectivity index (χ2v) is 7.53. The Kier molecular flexibility index (Phi) is 8.28. The van der Waals surface area contributed by atoms with E-state index in [-0.39, 0.29) is 12.5 Å². The predicted octanol–water partition coefficient (Wildman–Crippen LogP) is 2.73. The van der Waals surface area contributed by atoms with Crippen molar-refractivity contribution in [2.24, 2.45) is 0 Å². The van der Waals surface area contributed by atoms with Gasteiger partial charge >= 0.3 is 5.97 Å². The van der Waals surface area contributed by atoms with Crippen molar-refractivity contribution in [2.45, 2.75) is 13.5 Å². The van der Waals surface area contributed by atoms with Crippen LogP contribution in [0.5, 0.6) is 5.75 Å². The van der Waals surface area contributed by atoms with E-state index in [9.17, 15) is 14.4 Å². The van der Waals surface area contributed by atoms with Crippen LogP contribution in [0.25, 0.3) is 0 Å². The van der Waals surface area contributed by atoms with Crippen molar-refractivity contribution in [3.05, 3.63) is 51.2 Å². The molecule has 0 radical (unpaired) electrons. The van der Waals surface area contributed by atoms with Crippen LogP contribution in [0.4, 0.5) is 0 Å². The van der Waals surface area contributed by atoms with Crippen molar-refractivity contribution in [1.29, 1.82) is 0 Å². The van der Waals surface area contributed by atoms with E-state index in [2.05, 4.69) is 5.32 Å². The van der Waals surface area contributed by atoms with Crippen LogP contribution in [0.1, 0.15) is 22.2 Å². The number of thiophene rings is 1. The summed E-state index contributed by atoms with van der Waals surface area (Å²) in [6.07, 6.45) is 0. The molecule has 0 unspecified atom stereocenters. The lowest BCUT2D eigenvalue weighted by Gasteiger charge is -2.16. The van der Waals surface area contributed by atoms with E-state index in [4.69, 9.17) is 21.1 Å². The number of esters is 1. The Morgan fingerprint density at radius 2 is 1.93 bits per heavy atom. The number of hydrogen-bond donors (Lipinski definition) is 1. The molecule has 0 saturated carbocycles. The highest BCUT2D eigenvalue weighted by Gasteiger charge is 2.16. The van der Waals surface area contributed by atoms with E-state index in [1.807, 2.05) is 13.0 Å². The van der Waals surface area contributed by atoms with Crippen molar-refractivity contribution in [3.8, 4) is 5.75 Å². The molecule has 1 aromatic heterocycles. The lowest BCUT2D eigenvalue weighted by Crippen LogP contribution is -2.34. The maximum atomic E-state index is 12.2. The van der Waals surface area contributed by atoms with E-state index in [1.54, 1.807) is 37.4 Å². The zero-order valence-electron chi connectivity index (χ0n) is 15.6. The van der Waals surface area contributed by atoms with Crippen molar-refractivity contribution in [1.82, 2.24) is 10.2 Å². The molecule has 150 valence electrons. The smallest absolute Gasteiger partial charge is 0.325 e. The van der Waals surface area contributed by atoms with Gasteiger partial charge in [-0.2, -0.15) is 0 Å². The number of nitrogens with one attached hydrogen (secondary N) is 1. The zero-order chi connectivity index (χ0) is 20.5. The number of amides is 2. The molecule has 0 aliphatic rings. The molecule has 0 spiro atoms. The summed E-state index contributed by atoms with van der Waals surface area (Å²) < 4.78 is 11.0. The molecule has 0 saturated heterocycles. The molecule has 0 fully saturated rings. The summed E-state index contributed by atoms with van der Waals surface area (Å²) in [5.41, 5.74) is 0.322. The van der Waals surface area contributed by atoms with Gasteiger partial charge in [-0.25, -0.2) is 0 Å². The largest absolute Gasteiger partial charge is 0.493 e. The van der Waals surface area contributed by atoms with Gasteiger partial charge in [0.25, 0.3) is 11.8 Å². The maximum Gasteiger partial charge on any atom is 0.325 e. The fraction of sp³-hybridized carbons (Fsp3) is 0.316. The van der Waals surface area contributed by atoms with Gasteiger partial charge in [-0.1, -0.05) is 23.7 Å². The van der Waals surface area contributed by atoms with Crippen LogP contribution < -0.4 is 10.1 Å². The van der Waals surface area contributed by atoms with E-state index < -0.39 is 18.5 Å². The van der Waals surface area contributed by atoms with Gasteiger partial charge in [0.1, 0.15) is 12.3 Å². The summed E-state index contributed by atoms with van der Waals surface area (Å²) in [5, 5.41) is 2.46. The van der Waals surface area contributed by atoms with Crippen LogP contribution in [-0.2, 0) is 20.9 Å². The van der Waals surface area contributed by atoms with Crippen LogP contribution in [-0.4, -0.2) is 49.5 Å². The van der Waals surface area contributed by atoms with E-state index >= 15 is 0 Å². The summed E-state index contributed by atoms with van der Waals surface area (Å²) in [7, 11) is 1.61. The second-order valence-electron chi connectivity index (χ2n) is 5.73. The zero-order valence-corrected chi connectivity index (χ0v) is 17.1. The molecule has 7 nitrogen and oxygen atoms in total. The minimum Gasteiger partial charge on any atom is -0.493 e. The number of para-hydroxylation sites is 1. The third-order valence-electron chi connectivity index (χ3n) is 3.63. The minimum atomic E-state index is -0.705. The number of benzene rings is 1. The maximum absolute atomic E-state index is 12.2. The first-order chi connectivity index (χ1) is 13.4. The van der Waals surface area contributed by atoms with Gasteiger partial charge in [0, 0.05) is 11.9 Å². The van der Waals surface area contributed by atoms with Gasteiger partial charge in [-0.05, 0) is 31.2 Å². The van der Waals surface area contributed by atoms with Crippen LogP contribution in [0.2, 0.25) is 4.34 Å². The Morgan fingerprint density at radius 1 is 1.18 bits per heavy atom. The third kappa shape index (κ3) is 6.54. The van der Waals surface area contributed by atoms with Crippen molar-refractivity contribution in [2.75, 3.05) is 26.8 Å². The molecular formula is C19H21ClN2O5S. The number of carbonyl (C=O) groups excluding carboxylic acids is 3. The summed E-state index contributed by atoms with van der Waals surface area (Å²) in [6.45, 7) is 1.85.